The fourth-order valence-electron chi connectivity index (χ4n) is 4.58. The number of carbonyl (C=O) groups is 4. The minimum Gasteiger partial charge on any atom is -0.458 e. The highest BCUT2D eigenvalue weighted by Crippen LogP contribution is 2.53. The number of fused-ring (bicyclic) bond motifs is 1. The van der Waals surface area contributed by atoms with E-state index in [1.54, 1.807) is 48.6 Å². The lowest BCUT2D eigenvalue weighted by atomic mass is 9.58. The molecule has 5 rings (SSSR count). The molecule has 0 radical (unpaired) electrons. The molecule has 2 bridgehead atoms. The van der Waals surface area contributed by atoms with E-state index in [0.717, 1.165) is 6.92 Å². The number of aldehydes is 1. The van der Waals surface area contributed by atoms with Gasteiger partial charge in [-0.1, -0.05) is 42.5 Å². The van der Waals surface area contributed by atoms with Crippen LogP contribution in [0, 0.1) is 0 Å². The summed E-state index contributed by atoms with van der Waals surface area (Å²) >= 11 is 0. The van der Waals surface area contributed by atoms with E-state index in [-0.39, 0.29) is 5.56 Å². The summed E-state index contributed by atoms with van der Waals surface area (Å²) in [6.07, 6.45) is -0.0934. The number of carbonyl (C=O) groups excluding carboxylic acids is 4. The lowest BCUT2D eigenvalue weighted by Crippen LogP contribution is -2.63. The van der Waals surface area contributed by atoms with Crippen LogP contribution in [0.4, 0.5) is 0 Å². The van der Waals surface area contributed by atoms with Crippen LogP contribution in [0.3, 0.4) is 0 Å². The van der Waals surface area contributed by atoms with Crippen LogP contribution in [0.5, 0.6) is 0 Å². The van der Waals surface area contributed by atoms with Gasteiger partial charge in [0.2, 0.25) is 0 Å². The first-order valence-corrected chi connectivity index (χ1v) is 10.4. The van der Waals surface area contributed by atoms with E-state index in [1.165, 1.54) is 19.1 Å². The van der Waals surface area contributed by atoms with Crippen LogP contribution in [0.1, 0.15) is 51.6 Å². The highest BCUT2D eigenvalue weighted by Gasteiger charge is 2.62. The average Bonchev–Trinajstić information content (AvgIpc) is 2.80. The van der Waals surface area contributed by atoms with Crippen molar-refractivity contribution in [3.8, 4) is 0 Å². The Hall–Kier alpha value is -3.78. The van der Waals surface area contributed by atoms with Crippen LogP contribution >= 0.6 is 0 Å². The van der Waals surface area contributed by atoms with Gasteiger partial charge in [-0.15, -0.1) is 0 Å². The summed E-state index contributed by atoms with van der Waals surface area (Å²) in [4.78, 5) is 48.5. The molecule has 2 aromatic carbocycles. The smallest absolute Gasteiger partial charge is 0.341 e. The molecular formula is C25H22O8. The monoisotopic (exact) mass is 450 g/mol. The SMILES string of the molecule is CC(=O)O[C@H](OC(=O)c1ccccc1)[C@@]12C=C[C@@H](c3ccc(C=O)cc31)[C@H](O)[C@H]2OC(C)=O. The molecule has 5 atom stereocenters. The quantitative estimate of drug-likeness (QED) is 0.309. The number of aliphatic hydroxyl groups is 1. The summed E-state index contributed by atoms with van der Waals surface area (Å²) in [6.45, 7) is 2.34. The first-order chi connectivity index (χ1) is 15.8. The van der Waals surface area contributed by atoms with Gasteiger partial charge in [-0.3, -0.25) is 14.4 Å². The Morgan fingerprint density at radius 1 is 1.03 bits per heavy atom. The summed E-state index contributed by atoms with van der Waals surface area (Å²) in [5, 5.41) is 11.1. The molecule has 8 nitrogen and oxygen atoms in total. The van der Waals surface area contributed by atoms with Gasteiger partial charge in [0.25, 0.3) is 6.29 Å². The molecule has 0 heterocycles. The van der Waals surface area contributed by atoms with Crippen LogP contribution in [0.25, 0.3) is 0 Å². The normalized spacial score (nSPS) is 25.5. The van der Waals surface area contributed by atoms with Crippen molar-refractivity contribution >= 4 is 24.2 Å². The molecule has 8 heteroatoms. The summed E-state index contributed by atoms with van der Waals surface area (Å²) in [7, 11) is 0. The van der Waals surface area contributed by atoms with Crippen LogP contribution in [-0.4, -0.2) is 47.8 Å². The van der Waals surface area contributed by atoms with Crippen LogP contribution < -0.4 is 0 Å². The number of aliphatic hydroxyl groups excluding tert-OH is 1. The molecule has 1 N–H and O–H groups in total. The van der Waals surface area contributed by atoms with Gasteiger partial charge >= 0.3 is 17.9 Å². The third-order valence-corrected chi connectivity index (χ3v) is 5.95. The fraction of sp³-hybridized carbons (Fsp3) is 0.280. The van der Waals surface area contributed by atoms with E-state index in [9.17, 15) is 24.3 Å². The average molecular weight is 450 g/mol. The molecule has 0 spiro atoms. The summed E-state index contributed by atoms with van der Waals surface area (Å²) in [6, 6.07) is 12.9. The molecule has 0 unspecified atom stereocenters. The molecule has 0 fully saturated rings. The molecule has 0 aromatic heterocycles. The Morgan fingerprint density at radius 2 is 1.76 bits per heavy atom. The van der Waals surface area contributed by atoms with Gasteiger partial charge in [0.1, 0.15) is 23.9 Å². The topological polar surface area (TPSA) is 116 Å². The van der Waals surface area contributed by atoms with Crippen LogP contribution in [0.2, 0.25) is 0 Å². The van der Waals surface area contributed by atoms with Crippen molar-refractivity contribution in [2.75, 3.05) is 0 Å². The Balaban J connectivity index is 1.90. The number of rotatable bonds is 6. The van der Waals surface area contributed by atoms with E-state index in [0.29, 0.717) is 23.0 Å². The number of hydrogen-bond acceptors (Lipinski definition) is 8. The third-order valence-electron chi connectivity index (χ3n) is 5.95. The minimum atomic E-state index is -1.60. The lowest BCUT2D eigenvalue weighted by Gasteiger charge is -2.52. The summed E-state index contributed by atoms with van der Waals surface area (Å²) < 4.78 is 16.6. The van der Waals surface area contributed by atoms with Crippen molar-refractivity contribution in [2.45, 2.75) is 43.7 Å². The maximum atomic E-state index is 12.9. The second kappa shape index (κ2) is 8.63. The highest BCUT2D eigenvalue weighted by atomic mass is 16.7. The number of esters is 3. The first kappa shape index (κ1) is 22.4. The molecule has 3 aliphatic carbocycles. The Morgan fingerprint density at radius 3 is 2.39 bits per heavy atom. The zero-order valence-corrected chi connectivity index (χ0v) is 18.0. The molecular weight excluding hydrogens is 428 g/mol. The molecule has 33 heavy (non-hydrogen) atoms. The van der Waals surface area contributed by atoms with Crippen LogP contribution in [-0.2, 0) is 29.2 Å². The van der Waals surface area contributed by atoms with E-state index >= 15 is 0 Å². The Labute approximate surface area is 189 Å². The summed E-state index contributed by atoms with van der Waals surface area (Å²) in [5.41, 5.74) is 0.0619. The van der Waals surface area contributed by atoms with Gasteiger partial charge < -0.3 is 19.3 Å². The van der Waals surface area contributed by atoms with E-state index in [1.807, 2.05) is 0 Å². The maximum absolute atomic E-state index is 12.9. The van der Waals surface area contributed by atoms with E-state index in [2.05, 4.69) is 0 Å². The van der Waals surface area contributed by atoms with Gasteiger partial charge in [0.15, 0.2) is 0 Å². The molecule has 0 saturated carbocycles. The minimum absolute atomic E-state index is 0.214. The van der Waals surface area contributed by atoms with Crippen molar-refractivity contribution in [2.24, 2.45) is 0 Å². The predicted molar refractivity (Wildman–Crippen MR) is 114 cm³/mol. The van der Waals surface area contributed by atoms with Gasteiger partial charge in [-0.2, -0.15) is 0 Å². The van der Waals surface area contributed by atoms with Crippen molar-refractivity contribution in [3.05, 3.63) is 82.9 Å². The molecule has 0 aliphatic heterocycles. The van der Waals surface area contributed by atoms with Gasteiger partial charge in [0.05, 0.1) is 5.56 Å². The van der Waals surface area contributed by atoms with E-state index < -0.39 is 47.7 Å². The van der Waals surface area contributed by atoms with Crippen molar-refractivity contribution in [1.82, 2.24) is 0 Å². The van der Waals surface area contributed by atoms with Crippen molar-refractivity contribution in [1.29, 1.82) is 0 Å². The fourth-order valence-corrected chi connectivity index (χ4v) is 4.58. The van der Waals surface area contributed by atoms with E-state index in [4.69, 9.17) is 14.2 Å². The number of ether oxygens (including phenoxy) is 3. The molecule has 0 saturated heterocycles. The summed E-state index contributed by atoms with van der Waals surface area (Å²) in [5.74, 6) is -2.74. The molecule has 3 aliphatic rings. The van der Waals surface area contributed by atoms with Gasteiger partial charge in [-0.05, 0) is 29.3 Å². The predicted octanol–water partition coefficient (Wildman–Crippen LogP) is 2.44. The van der Waals surface area contributed by atoms with Crippen molar-refractivity contribution in [3.63, 3.8) is 0 Å². The zero-order valence-electron chi connectivity index (χ0n) is 18.0. The van der Waals surface area contributed by atoms with Crippen molar-refractivity contribution < 1.29 is 38.5 Å². The van der Waals surface area contributed by atoms with Gasteiger partial charge in [-0.25, -0.2) is 4.79 Å². The Bertz CT molecular complexity index is 1140. The third kappa shape index (κ3) is 3.82. The Kier molecular flexibility index (Phi) is 5.86. The first-order valence-electron chi connectivity index (χ1n) is 10.4. The number of benzene rings is 2. The number of hydrogen-bond donors (Lipinski definition) is 1. The second-order valence-corrected chi connectivity index (χ2v) is 8.02. The van der Waals surface area contributed by atoms with Crippen LogP contribution in [0.15, 0.2) is 60.7 Å². The largest absolute Gasteiger partial charge is 0.458 e. The van der Waals surface area contributed by atoms with Gasteiger partial charge in [0, 0.05) is 25.3 Å². The highest BCUT2D eigenvalue weighted by molar-refractivity contribution is 5.89. The maximum Gasteiger partial charge on any atom is 0.341 e. The standard InChI is InChI=1S/C25H22O8/c1-14(27)31-22-21(29)19-10-11-25(22,20-12-16(13-26)8-9-18(19)20)24(32-15(2)28)33-23(30)17-6-4-3-5-7-17/h3-13,19,21-22,24,29H,1-2H3/t19-,21-,22+,24+,25-/m0/s1. The molecule has 0 amide bonds. The molecule has 2 aromatic rings. The lowest BCUT2D eigenvalue weighted by molar-refractivity contribution is -0.202. The zero-order chi connectivity index (χ0) is 23.8. The second-order valence-electron chi connectivity index (χ2n) is 8.02. The molecule has 170 valence electrons.